The van der Waals surface area contributed by atoms with Crippen LogP contribution < -0.4 is 4.90 Å². The molecular formula is C18H16F2N2O. The van der Waals surface area contributed by atoms with E-state index in [1.54, 1.807) is 12.1 Å². The third-order valence-electron chi connectivity index (χ3n) is 3.86. The summed E-state index contributed by atoms with van der Waals surface area (Å²) in [5, 5.41) is 0. The zero-order valence-electron chi connectivity index (χ0n) is 12.5. The lowest BCUT2D eigenvalue weighted by Gasteiger charge is -2.15. The van der Waals surface area contributed by atoms with Gasteiger partial charge in [-0.05, 0) is 49.3 Å². The normalized spacial score (nSPS) is 14.6. The number of allylic oxidation sites excluding steroid dienone is 1. The summed E-state index contributed by atoms with van der Waals surface area (Å²) in [7, 11) is 0. The molecule has 1 aromatic heterocycles. The van der Waals surface area contributed by atoms with E-state index in [0.29, 0.717) is 5.56 Å². The lowest BCUT2D eigenvalue weighted by atomic mass is 10.1. The van der Waals surface area contributed by atoms with Crippen molar-refractivity contribution in [3.8, 4) is 0 Å². The molecule has 0 saturated carbocycles. The van der Waals surface area contributed by atoms with Gasteiger partial charge < -0.3 is 4.90 Å². The van der Waals surface area contributed by atoms with Gasteiger partial charge in [-0.1, -0.05) is 6.07 Å². The minimum absolute atomic E-state index is 0.220. The van der Waals surface area contributed by atoms with E-state index in [2.05, 4.69) is 9.88 Å². The van der Waals surface area contributed by atoms with E-state index >= 15 is 0 Å². The second-order valence-electron chi connectivity index (χ2n) is 5.43. The number of rotatable bonds is 4. The topological polar surface area (TPSA) is 33.2 Å². The molecule has 118 valence electrons. The molecule has 0 N–H and O–H groups in total. The van der Waals surface area contributed by atoms with E-state index in [1.807, 2.05) is 0 Å². The highest BCUT2D eigenvalue weighted by Crippen LogP contribution is 2.18. The summed E-state index contributed by atoms with van der Waals surface area (Å²) < 4.78 is 27.0. The Balaban J connectivity index is 1.74. The first-order valence-corrected chi connectivity index (χ1v) is 7.52. The van der Waals surface area contributed by atoms with Crippen LogP contribution in [0.25, 0.3) is 6.08 Å². The average molecular weight is 314 g/mol. The number of halogens is 2. The quantitative estimate of drug-likeness (QED) is 0.635. The molecule has 1 fully saturated rings. The summed E-state index contributed by atoms with van der Waals surface area (Å²) in [6, 6.07) is 7.07. The SMILES string of the molecule is O=C(/C=C/c1c(F)cccc1F)c1ccc(N2CCCC2)nc1. The number of nitrogens with zero attached hydrogens (tertiary/aromatic N) is 2. The summed E-state index contributed by atoms with van der Waals surface area (Å²) >= 11 is 0. The molecule has 0 spiro atoms. The third-order valence-corrected chi connectivity index (χ3v) is 3.86. The van der Waals surface area contributed by atoms with Crippen molar-refractivity contribution in [3.05, 3.63) is 65.4 Å². The fraction of sp³-hybridized carbons (Fsp3) is 0.222. The zero-order valence-corrected chi connectivity index (χ0v) is 12.5. The summed E-state index contributed by atoms with van der Waals surface area (Å²) in [6.45, 7) is 1.96. The van der Waals surface area contributed by atoms with Gasteiger partial charge in [0.25, 0.3) is 0 Å². The van der Waals surface area contributed by atoms with E-state index in [0.717, 1.165) is 56.0 Å². The van der Waals surface area contributed by atoms with E-state index in [9.17, 15) is 13.6 Å². The van der Waals surface area contributed by atoms with Crippen LogP contribution in [0.1, 0.15) is 28.8 Å². The number of hydrogen-bond donors (Lipinski definition) is 0. The smallest absolute Gasteiger partial charge is 0.187 e. The van der Waals surface area contributed by atoms with E-state index in [1.165, 1.54) is 12.3 Å². The molecule has 2 heterocycles. The van der Waals surface area contributed by atoms with Crippen molar-refractivity contribution in [3.63, 3.8) is 0 Å². The van der Waals surface area contributed by atoms with Gasteiger partial charge in [-0.2, -0.15) is 0 Å². The van der Waals surface area contributed by atoms with E-state index in [4.69, 9.17) is 0 Å². The average Bonchev–Trinajstić information content (AvgIpc) is 3.09. The molecule has 0 aliphatic carbocycles. The molecule has 3 rings (SSSR count). The second kappa shape index (κ2) is 6.69. The van der Waals surface area contributed by atoms with Gasteiger partial charge in [-0.25, -0.2) is 13.8 Å². The van der Waals surface area contributed by atoms with Crippen LogP contribution in [0.4, 0.5) is 14.6 Å². The van der Waals surface area contributed by atoms with Crippen LogP contribution in [0.3, 0.4) is 0 Å². The number of carbonyl (C=O) groups excluding carboxylic acids is 1. The standard InChI is InChI=1S/C18H16F2N2O/c19-15-4-3-5-16(20)14(15)7-8-17(23)13-6-9-18(21-12-13)22-10-1-2-11-22/h3-9,12H,1-2,10-11H2/b8-7+. The third kappa shape index (κ3) is 3.44. The van der Waals surface area contributed by atoms with Crippen LogP contribution in [0, 0.1) is 11.6 Å². The molecule has 0 unspecified atom stereocenters. The first kappa shape index (κ1) is 15.3. The Morgan fingerprint density at radius 2 is 1.78 bits per heavy atom. The number of anilines is 1. The van der Waals surface area contributed by atoms with Crippen molar-refractivity contribution in [2.24, 2.45) is 0 Å². The van der Waals surface area contributed by atoms with Gasteiger partial charge in [0.05, 0.1) is 0 Å². The minimum atomic E-state index is -0.698. The van der Waals surface area contributed by atoms with E-state index < -0.39 is 11.6 Å². The van der Waals surface area contributed by atoms with E-state index in [-0.39, 0.29) is 11.3 Å². The number of carbonyl (C=O) groups is 1. The Hall–Kier alpha value is -2.56. The van der Waals surface area contributed by atoms with Crippen LogP contribution in [0.5, 0.6) is 0 Å². The zero-order chi connectivity index (χ0) is 16.2. The molecule has 1 aliphatic rings. The number of benzene rings is 1. The summed E-state index contributed by atoms with van der Waals surface area (Å²) in [6.07, 6.45) is 6.12. The van der Waals surface area contributed by atoms with Crippen LogP contribution in [-0.2, 0) is 0 Å². The molecule has 0 bridgehead atoms. The fourth-order valence-corrected chi connectivity index (χ4v) is 2.59. The van der Waals surface area contributed by atoms with Crippen molar-refractivity contribution in [1.82, 2.24) is 4.98 Å². The lowest BCUT2D eigenvalue weighted by Crippen LogP contribution is -2.18. The molecule has 1 aromatic carbocycles. The Labute approximate surface area is 133 Å². The lowest BCUT2D eigenvalue weighted by molar-refractivity contribution is 0.104. The number of pyridine rings is 1. The summed E-state index contributed by atoms with van der Waals surface area (Å²) in [4.78, 5) is 18.5. The van der Waals surface area contributed by atoms with Gasteiger partial charge in [-0.15, -0.1) is 0 Å². The minimum Gasteiger partial charge on any atom is -0.357 e. The molecule has 3 nitrogen and oxygen atoms in total. The highest BCUT2D eigenvalue weighted by molar-refractivity contribution is 6.06. The maximum Gasteiger partial charge on any atom is 0.187 e. The largest absolute Gasteiger partial charge is 0.357 e. The summed E-state index contributed by atoms with van der Waals surface area (Å²) in [5.74, 6) is -0.885. The first-order valence-electron chi connectivity index (χ1n) is 7.52. The van der Waals surface area contributed by atoms with Crippen molar-refractivity contribution in [2.45, 2.75) is 12.8 Å². The first-order chi connectivity index (χ1) is 11.1. The molecule has 23 heavy (non-hydrogen) atoms. The van der Waals surface area contributed by atoms with Crippen LogP contribution in [0.2, 0.25) is 0 Å². The molecular weight excluding hydrogens is 298 g/mol. The molecule has 2 aromatic rings. The molecule has 5 heteroatoms. The van der Waals surface area contributed by atoms with Crippen molar-refractivity contribution in [2.75, 3.05) is 18.0 Å². The highest BCUT2D eigenvalue weighted by Gasteiger charge is 2.14. The monoisotopic (exact) mass is 314 g/mol. The van der Waals surface area contributed by atoms with Crippen LogP contribution in [0.15, 0.2) is 42.6 Å². The van der Waals surface area contributed by atoms with Crippen molar-refractivity contribution in [1.29, 1.82) is 0 Å². The van der Waals surface area contributed by atoms with Gasteiger partial charge in [-0.3, -0.25) is 4.79 Å². The van der Waals surface area contributed by atoms with Gasteiger partial charge in [0.2, 0.25) is 0 Å². The molecule has 1 saturated heterocycles. The predicted molar refractivity (Wildman–Crippen MR) is 85.4 cm³/mol. The van der Waals surface area contributed by atoms with Gasteiger partial charge in [0.1, 0.15) is 17.5 Å². The second-order valence-corrected chi connectivity index (χ2v) is 5.43. The Kier molecular flexibility index (Phi) is 4.46. The Morgan fingerprint density at radius 3 is 2.39 bits per heavy atom. The maximum absolute atomic E-state index is 13.5. The predicted octanol–water partition coefficient (Wildman–Crippen LogP) is 3.86. The Bertz CT molecular complexity index is 715. The van der Waals surface area contributed by atoms with Gasteiger partial charge >= 0.3 is 0 Å². The summed E-state index contributed by atoms with van der Waals surface area (Å²) in [5.41, 5.74) is 0.170. The fourth-order valence-electron chi connectivity index (χ4n) is 2.59. The highest BCUT2D eigenvalue weighted by atomic mass is 19.1. The van der Waals surface area contributed by atoms with Crippen molar-refractivity contribution >= 4 is 17.7 Å². The maximum atomic E-state index is 13.5. The Morgan fingerprint density at radius 1 is 1.09 bits per heavy atom. The number of aromatic nitrogens is 1. The molecule has 0 amide bonds. The van der Waals surface area contributed by atoms with Gasteiger partial charge in [0, 0.05) is 30.4 Å². The van der Waals surface area contributed by atoms with Crippen LogP contribution in [-0.4, -0.2) is 23.9 Å². The van der Waals surface area contributed by atoms with Gasteiger partial charge in [0.15, 0.2) is 5.78 Å². The number of hydrogen-bond acceptors (Lipinski definition) is 3. The molecule has 0 radical (unpaired) electrons. The molecule has 1 aliphatic heterocycles. The van der Waals surface area contributed by atoms with Crippen LogP contribution >= 0.6 is 0 Å². The van der Waals surface area contributed by atoms with Crippen molar-refractivity contribution < 1.29 is 13.6 Å². The molecule has 0 atom stereocenters. The number of ketones is 1.